The van der Waals surface area contributed by atoms with Crippen molar-refractivity contribution in [3.8, 4) is 11.5 Å². The van der Waals surface area contributed by atoms with E-state index in [1.165, 1.54) is 0 Å². The van der Waals surface area contributed by atoms with Gasteiger partial charge >= 0.3 is 0 Å². The van der Waals surface area contributed by atoms with Gasteiger partial charge in [-0.3, -0.25) is 9.69 Å². The molecule has 5 nitrogen and oxygen atoms in total. The van der Waals surface area contributed by atoms with Gasteiger partial charge in [-0.05, 0) is 19.4 Å². The number of hydrogen-bond acceptors (Lipinski definition) is 4. The largest absolute Gasteiger partial charge is 0.507 e. The highest BCUT2D eigenvalue weighted by Gasteiger charge is 2.37. The SMILES string of the molecule is COc1ccc(C(C)N2CCN3C(=O)CCC3C2)c(O)c1. The van der Waals surface area contributed by atoms with Crippen molar-refractivity contribution in [2.45, 2.75) is 31.8 Å². The van der Waals surface area contributed by atoms with Gasteiger partial charge in [-0.2, -0.15) is 0 Å². The number of piperazine rings is 1. The van der Waals surface area contributed by atoms with Gasteiger partial charge in [0, 0.05) is 49.8 Å². The van der Waals surface area contributed by atoms with E-state index in [9.17, 15) is 9.90 Å². The zero-order valence-corrected chi connectivity index (χ0v) is 12.6. The Morgan fingerprint density at radius 1 is 1.38 bits per heavy atom. The standard InChI is InChI=1S/C16H22N2O3/c1-11(14-5-4-13(21-2)9-15(14)19)17-7-8-18-12(10-17)3-6-16(18)20/h4-5,9,11-12,19H,3,6-8,10H2,1-2H3. The molecular formula is C16H22N2O3. The zero-order chi connectivity index (χ0) is 15.0. The molecule has 5 heteroatoms. The van der Waals surface area contributed by atoms with Crippen molar-refractivity contribution in [1.29, 1.82) is 0 Å². The maximum atomic E-state index is 11.7. The van der Waals surface area contributed by atoms with Crippen LogP contribution in [0.25, 0.3) is 0 Å². The van der Waals surface area contributed by atoms with Gasteiger partial charge < -0.3 is 14.7 Å². The van der Waals surface area contributed by atoms with Gasteiger partial charge in [0.1, 0.15) is 11.5 Å². The fraction of sp³-hybridized carbons (Fsp3) is 0.562. The van der Waals surface area contributed by atoms with E-state index in [1.54, 1.807) is 13.2 Å². The number of amides is 1. The summed E-state index contributed by atoms with van der Waals surface area (Å²) in [5, 5.41) is 10.2. The maximum absolute atomic E-state index is 11.7. The summed E-state index contributed by atoms with van der Waals surface area (Å²) < 4.78 is 5.13. The summed E-state index contributed by atoms with van der Waals surface area (Å²) >= 11 is 0. The van der Waals surface area contributed by atoms with Crippen molar-refractivity contribution in [2.75, 3.05) is 26.7 Å². The molecule has 0 saturated carbocycles. The Balaban J connectivity index is 1.74. The monoisotopic (exact) mass is 290 g/mol. The van der Waals surface area contributed by atoms with Crippen molar-refractivity contribution in [3.05, 3.63) is 23.8 Å². The molecule has 0 aliphatic carbocycles. The number of phenolic OH excluding ortho intramolecular Hbond substituents is 1. The van der Waals surface area contributed by atoms with Gasteiger partial charge in [0.2, 0.25) is 5.91 Å². The Labute approximate surface area is 125 Å². The molecule has 2 heterocycles. The number of methoxy groups -OCH3 is 1. The molecule has 2 aliphatic heterocycles. The lowest BCUT2D eigenvalue weighted by atomic mass is 10.0. The van der Waals surface area contributed by atoms with Gasteiger partial charge in [0.05, 0.1) is 7.11 Å². The van der Waals surface area contributed by atoms with Gasteiger partial charge in [-0.1, -0.05) is 6.07 Å². The molecule has 1 aromatic rings. The predicted octanol–water partition coefficient (Wildman–Crippen LogP) is 1.77. The van der Waals surface area contributed by atoms with Crippen molar-refractivity contribution in [1.82, 2.24) is 9.80 Å². The number of ether oxygens (including phenoxy) is 1. The molecule has 0 spiro atoms. The first-order valence-corrected chi connectivity index (χ1v) is 7.50. The second kappa shape index (κ2) is 5.56. The number of carbonyl (C=O) groups excluding carboxylic acids is 1. The number of phenols is 1. The minimum absolute atomic E-state index is 0.133. The molecule has 2 saturated heterocycles. The van der Waals surface area contributed by atoms with E-state index < -0.39 is 0 Å². The normalized spacial score (nSPS) is 24.0. The summed E-state index contributed by atoms with van der Waals surface area (Å²) in [6, 6.07) is 5.93. The number of carbonyl (C=O) groups is 1. The lowest BCUT2D eigenvalue weighted by Crippen LogP contribution is -2.51. The van der Waals surface area contributed by atoms with E-state index >= 15 is 0 Å². The molecule has 0 bridgehead atoms. The maximum Gasteiger partial charge on any atom is 0.222 e. The van der Waals surface area contributed by atoms with Crippen LogP contribution in [-0.2, 0) is 4.79 Å². The van der Waals surface area contributed by atoms with Crippen LogP contribution < -0.4 is 4.74 Å². The molecule has 1 N–H and O–H groups in total. The van der Waals surface area contributed by atoms with Crippen LogP contribution in [0, 0.1) is 0 Å². The molecule has 2 aliphatic rings. The van der Waals surface area contributed by atoms with E-state index in [1.807, 2.05) is 17.0 Å². The molecule has 0 aromatic heterocycles. The third-order valence-corrected chi connectivity index (χ3v) is 4.76. The average Bonchev–Trinajstić information content (AvgIpc) is 2.87. The van der Waals surface area contributed by atoms with E-state index in [0.29, 0.717) is 24.1 Å². The summed E-state index contributed by atoms with van der Waals surface area (Å²) in [5.41, 5.74) is 0.911. The topological polar surface area (TPSA) is 53.0 Å². The van der Waals surface area contributed by atoms with Crippen LogP contribution in [-0.4, -0.2) is 53.6 Å². The quantitative estimate of drug-likeness (QED) is 0.922. The average molecular weight is 290 g/mol. The van der Waals surface area contributed by atoms with Crippen LogP contribution in [0.15, 0.2) is 18.2 Å². The van der Waals surface area contributed by atoms with E-state index in [-0.39, 0.29) is 11.8 Å². The lowest BCUT2D eigenvalue weighted by molar-refractivity contribution is -0.131. The highest BCUT2D eigenvalue weighted by atomic mass is 16.5. The van der Waals surface area contributed by atoms with Crippen molar-refractivity contribution >= 4 is 5.91 Å². The molecule has 1 amide bonds. The number of benzene rings is 1. The fourth-order valence-electron chi connectivity index (χ4n) is 3.44. The van der Waals surface area contributed by atoms with Crippen LogP contribution in [0.5, 0.6) is 11.5 Å². The first-order chi connectivity index (χ1) is 10.1. The summed E-state index contributed by atoms with van der Waals surface area (Å²) in [5.74, 6) is 1.22. The first-order valence-electron chi connectivity index (χ1n) is 7.50. The molecule has 0 radical (unpaired) electrons. The minimum Gasteiger partial charge on any atom is -0.507 e. The smallest absolute Gasteiger partial charge is 0.222 e. The highest BCUT2D eigenvalue weighted by Crippen LogP contribution is 2.34. The summed E-state index contributed by atoms with van der Waals surface area (Å²) in [6.45, 7) is 4.64. The molecule has 2 unspecified atom stereocenters. The van der Waals surface area contributed by atoms with Gasteiger partial charge in [-0.25, -0.2) is 0 Å². The third kappa shape index (κ3) is 2.58. The van der Waals surface area contributed by atoms with Gasteiger partial charge in [-0.15, -0.1) is 0 Å². The van der Waals surface area contributed by atoms with Crippen LogP contribution >= 0.6 is 0 Å². The second-order valence-corrected chi connectivity index (χ2v) is 5.88. The third-order valence-electron chi connectivity index (χ3n) is 4.76. The second-order valence-electron chi connectivity index (χ2n) is 5.88. The molecule has 3 rings (SSSR count). The van der Waals surface area contributed by atoms with Crippen LogP contribution in [0.2, 0.25) is 0 Å². The minimum atomic E-state index is 0.133. The van der Waals surface area contributed by atoms with Crippen molar-refractivity contribution in [2.24, 2.45) is 0 Å². The molecule has 1 aromatic carbocycles. The number of rotatable bonds is 3. The summed E-state index contributed by atoms with van der Waals surface area (Å²) in [4.78, 5) is 16.1. The number of hydrogen-bond donors (Lipinski definition) is 1. The zero-order valence-electron chi connectivity index (χ0n) is 12.6. The number of aromatic hydroxyl groups is 1. The Kier molecular flexibility index (Phi) is 3.76. The first kappa shape index (κ1) is 14.2. The Morgan fingerprint density at radius 2 is 2.19 bits per heavy atom. The Morgan fingerprint density at radius 3 is 2.90 bits per heavy atom. The highest BCUT2D eigenvalue weighted by molar-refractivity contribution is 5.78. The number of fused-ring (bicyclic) bond motifs is 1. The fourth-order valence-corrected chi connectivity index (χ4v) is 3.44. The molecule has 114 valence electrons. The van der Waals surface area contributed by atoms with E-state index in [0.717, 1.165) is 31.6 Å². The summed E-state index contributed by atoms with van der Waals surface area (Å²) in [6.07, 6.45) is 1.64. The van der Waals surface area contributed by atoms with E-state index in [2.05, 4.69) is 11.8 Å². The molecule has 2 atom stereocenters. The molecular weight excluding hydrogens is 268 g/mol. The predicted molar refractivity (Wildman–Crippen MR) is 79.4 cm³/mol. The van der Waals surface area contributed by atoms with Gasteiger partial charge in [0.15, 0.2) is 0 Å². The lowest BCUT2D eigenvalue weighted by Gasteiger charge is -2.40. The van der Waals surface area contributed by atoms with Crippen LogP contribution in [0.1, 0.15) is 31.4 Å². The van der Waals surface area contributed by atoms with Crippen LogP contribution in [0.4, 0.5) is 0 Å². The Hall–Kier alpha value is -1.75. The summed E-state index contributed by atoms with van der Waals surface area (Å²) in [7, 11) is 1.59. The molecule has 21 heavy (non-hydrogen) atoms. The van der Waals surface area contributed by atoms with Crippen LogP contribution in [0.3, 0.4) is 0 Å². The number of nitrogens with zero attached hydrogens (tertiary/aromatic N) is 2. The molecule has 2 fully saturated rings. The van der Waals surface area contributed by atoms with Crippen molar-refractivity contribution < 1.29 is 14.6 Å². The van der Waals surface area contributed by atoms with Crippen molar-refractivity contribution in [3.63, 3.8) is 0 Å². The Bertz CT molecular complexity index is 546. The van der Waals surface area contributed by atoms with E-state index in [4.69, 9.17) is 4.74 Å². The van der Waals surface area contributed by atoms with Gasteiger partial charge in [0.25, 0.3) is 0 Å².